The van der Waals surface area contributed by atoms with Crippen molar-refractivity contribution in [2.24, 2.45) is 0 Å². The summed E-state index contributed by atoms with van der Waals surface area (Å²) in [5.74, 6) is -0.553. The number of hydrogen-bond acceptors (Lipinski definition) is 4. The number of aromatic hydroxyl groups is 1. The van der Waals surface area contributed by atoms with E-state index in [1.54, 1.807) is 6.92 Å². The van der Waals surface area contributed by atoms with Gasteiger partial charge >= 0.3 is 0 Å². The van der Waals surface area contributed by atoms with Crippen molar-refractivity contribution in [3.63, 3.8) is 0 Å². The van der Waals surface area contributed by atoms with Crippen LogP contribution in [0.15, 0.2) is 17.0 Å². The highest BCUT2D eigenvalue weighted by Crippen LogP contribution is 2.37. The minimum atomic E-state index is -0.381. The molecule has 1 heterocycles. The number of thioether (sulfide) groups is 1. The van der Waals surface area contributed by atoms with E-state index in [-0.39, 0.29) is 26.8 Å². The molecule has 7 heteroatoms. The predicted molar refractivity (Wildman–Crippen MR) is 76.5 cm³/mol. The number of rotatable bonds is 2. The summed E-state index contributed by atoms with van der Waals surface area (Å²) in [4.78, 5) is 24.8. The fourth-order valence-electron chi connectivity index (χ4n) is 1.61. The lowest BCUT2D eigenvalue weighted by atomic mass is 10.2. The van der Waals surface area contributed by atoms with E-state index >= 15 is 0 Å². The maximum Gasteiger partial charge on any atom is 0.293 e. The van der Waals surface area contributed by atoms with Crippen molar-refractivity contribution >= 4 is 52.2 Å². The van der Waals surface area contributed by atoms with Gasteiger partial charge in [0.2, 0.25) is 0 Å². The second-order valence-corrected chi connectivity index (χ2v) is 5.59. The first-order valence-electron chi connectivity index (χ1n) is 5.37. The van der Waals surface area contributed by atoms with Crippen LogP contribution in [0.25, 0.3) is 6.08 Å². The number of phenolic OH excluding ortho intramolecular Hbond substituents is 1. The number of halogens is 2. The Morgan fingerprint density at radius 3 is 2.63 bits per heavy atom. The number of imide groups is 1. The fourth-order valence-corrected chi connectivity index (χ4v) is 3.01. The molecule has 1 aromatic rings. The van der Waals surface area contributed by atoms with Gasteiger partial charge < -0.3 is 5.11 Å². The van der Waals surface area contributed by atoms with Crippen molar-refractivity contribution in [3.8, 4) is 5.75 Å². The molecule has 19 heavy (non-hydrogen) atoms. The molecule has 0 spiro atoms. The van der Waals surface area contributed by atoms with E-state index < -0.39 is 0 Å². The first kappa shape index (κ1) is 14.2. The number of hydrogen-bond donors (Lipinski definition) is 1. The molecule has 1 aromatic carbocycles. The minimum absolute atomic E-state index is 0.0912. The monoisotopic (exact) mass is 317 g/mol. The van der Waals surface area contributed by atoms with Crippen LogP contribution in [0.3, 0.4) is 0 Å². The van der Waals surface area contributed by atoms with Crippen molar-refractivity contribution in [2.45, 2.75) is 6.92 Å². The van der Waals surface area contributed by atoms with Crippen molar-refractivity contribution in [1.29, 1.82) is 0 Å². The first-order chi connectivity index (χ1) is 8.93. The lowest BCUT2D eigenvalue weighted by molar-refractivity contribution is -0.122. The van der Waals surface area contributed by atoms with Crippen molar-refractivity contribution < 1.29 is 14.7 Å². The molecule has 2 amide bonds. The van der Waals surface area contributed by atoms with Gasteiger partial charge in [-0.25, -0.2) is 0 Å². The van der Waals surface area contributed by atoms with Gasteiger partial charge in [0.25, 0.3) is 11.1 Å². The van der Waals surface area contributed by atoms with Gasteiger partial charge in [-0.1, -0.05) is 23.2 Å². The van der Waals surface area contributed by atoms with Crippen LogP contribution in [-0.2, 0) is 4.79 Å². The summed E-state index contributed by atoms with van der Waals surface area (Å²) in [5.41, 5.74) is 0.305. The Morgan fingerprint density at radius 2 is 2.05 bits per heavy atom. The molecule has 1 N–H and O–H groups in total. The lowest BCUT2D eigenvalue weighted by Crippen LogP contribution is -2.27. The SMILES string of the molecule is CCN1C(=O)S/C(=C/c2cc(Cl)cc(Cl)c2O)C1=O. The Kier molecular flexibility index (Phi) is 4.08. The fraction of sp³-hybridized carbons (Fsp3) is 0.167. The molecule has 4 nitrogen and oxygen atoms in total. The molecule has 0 bridgehead atoms. The van der Waals surface area contributed by atoms with E-state index in [9.17, 15) is 14.7 Å². The molecule has 1 fully saturated rings. The molecule has 2 rings (SSSR count). The molecule has 0 unspecified atom stereocenters. The molecule has 1 aliphatic rings. The number of phenols is 1. The van der Waals surface area contributed by atoms with Gasteiger partial charge in [0.1, 0.15) is 5.75 Å². The molecule has 1 aliphatic heterocycles. The van der Waals surface area contributed by atoms with Gasteiger partial charge in [-0.15, -0.1) is 0 Å². The highest BCUT2D eigenvalue weighted by atomic mass is 35.5. The zero-order valence-corrected chi connectivity index (χ0v) is 12.1. The van der Waals surface area contributed by atoms with Gasteiger partial charge in [0.05, 0.1) is 9.93 Å². The molecule has 0 saturated carbocycles. The van der Waals surface area contributed by atoms with Gasteiger partial charge in [-0.05, 0) is 36.9 Å². The second kappa shape index (κ2) is 5.45. The van der Waals surface area contributed by atoms with Crippen LogP contribution in [0.4, 0.5) is 4.79 Å². The molecular formula is C12H9Cl2NO3S. The topological polar surface area (TPSA) is 57.6 Å². The minimum Gasteiger partial charge on any atom is -0.506 e. The predicted octanol–water partition coefficient (Wildman–Crippen LogP) is 3.76. The standard InChI is InChI=1S/C12H9Cl2NO3S/c1-2-15-11(17)9(19-12(15)18)4-6-3-7(13)5-8(14)10(6)16/h3-5,16H,2H2,1H3/b9-4+. The molecule has 0 atom stereocenters. The highest BCUT2D eigenvalue weighted by molar-refractivity contribution is 8.18. The Morgan fingerprint density at radius 1 is 1.37 bits per heavy atom. The van der Waals surface area contributed by atoms with Crippen LogP contribution in [0.5, 0.6) is 5.75 Å². The van der Waals surface area contributed by atoms with E-state index in [2.05, 4.69) is 0 Å². The molecule has 0 aromatic heterocycles. The maximum atomic E-state index is 11.9. The third-order valence-corrected chi connectivity index (χ3v) is 3.95. The Bertz CT molecular complexity index is 601. The van der Waals surface area contributed by atoms with Gasteiger partial charge in [-0.2, -0.15) is 0 Å². The van der Waals surface area contributed by atoms with Gasteiger partial charge in [0.15, 0.2) is 0 Å². The summed E-state index contributed by atoms with van der Waals surface area (Å²) < 4.78 is 0. The van der Waals surface area contributed by atoms with E-state index in [0.717, 1.165) is 16.7 Å². The molecule has 100 valence electrons. The third kappa shape index (κ3) is 2.73. The van der Waals surface area contributed by atoms with Crippen molar-refractivity contribution in [1.82, 2.24) is 4.90 Å². The molecule has 1 saturated heterocycles. The second-order valence-electron chi connectivity index (χ2n) is 3.75. The Hall–Kier alpha value is -1.17. The maximum absolute atomic E-state index is 11.9. The summed E-state index contributed by atoms with van der Waals surface area (Å²) in [7, 11) is 0. The van der Waals surface area contributed by atoms with Crippen LogP contribution in [0.1, 0.15) is 12.5 Å². The average Bonchev–Trinajstić information content (AvgIpc) is 2.60. The number of likely N-dealkylation sites (N-methyl/N-ethyl adjacent to an activating group) is 1. The number of carbonyl (C=O) groups is 2. The summed E-state index contributed by atoms with van der Waals surface area (Å²) in [6.45, 7) is 2.03. The first-order valence-corrected chi connectivity index (χ1v) is 6.94. The van der Waals surface area contributed by atoms with Gasteiger partial charge in [0, 0.05) is 17.1 Å². The molecule has 0 radical (unpaired) electrons. The molecular weight excluding hydrogens is 309 g/mol. The number of benzene rings is 1. The normalized spacial score (nSPS) is 17.6. The quantitative estimate of drug-likeness (QED) is 0.844. The van der Waals surface area contributed by atoms with Gasteiger partial charge in [-0.3, -0.25) is 14.5 Å². The van der Waals surface area contributed by atoms with Crippen LogP contribution in [-0.4, -0.2) is 27.7 Å². The van der Waals surface area contributed by atoms with Crippen LogP contribution in [0, 0.1) is 0 Å². The van der Waals surface area contributed by atoms with Crippen molar-refractivity contribution in [3.05, 3.63) is 32.6 Å². The average molecular weight is 318 g/mol. The number of nitrogens with zero attached hydrogens (tertiary/aromatic N) is 1. The van der Waals surface area contributed by atoms with Crippen LogP contribution < -0.4 is 0 Å². The zero-order chi connectivity index (χ0) is 14.2. The third-order valence-electron chi connectivity index (χ3n) is 2.53. The van der Waals surface area contributed by atoms with E-state index in [1.165, 1.54) is 18.2 Å². The zero-order valence-electron chi connectivity index (χ0n) is 9.81. The van der Waals surface area contributed by atoms with E-state index in [0.29, 0.717) is 17.1 Å². The summed E-state index contributed by atoms with van der Waals surface area (Å²) in [6.07, 6.45) is 1.41. The lowest BCUT2D eigenvalue weighted by Gasteiger charge is -2.07. The Labute approximate surface area is 124 Å². The Balaban J connectivity index is 2.43. The highest BCUT2D eigenvalue weighted by Gasteiger charge is 2.33. The number of carbonyl (C=O) groups excluding carboxylic acids is 2. The molecule has 0 aliphatic carbocycles. The smallest absolute Gasteiger partial charge is 0.293 e. The van der Waals surface area contributed by atoms with E-state index in [4.69, 9.17) is 23.2 Å². The summed E-state index contributed by atoms with van der Waals surface area (Å²) >= 11 is 12.5. The van der Waals surface area contributed by atoms with E-state index in [1.807, 2.05) is 0 Å². The number of amides is 2. The largest absolute Gasteiger partial charge is 0.506 e. The van der Waals surface area contributed by atoms with Crippen LogP contribution in [0.2, 0.25) is 10.0 Å². The summed E-state index contributed by atoms with van der Waals surface area (Å²) in [6, 6.07) is 2.87. The van der Waals surface area contributed by atoms with Crippen molar-refractivity contribution in [2.75, 3.05) is 6.54 Å². The van der Waals surface area contributed by atoms with Crippen LogP contribution >= 0.6 is 35.0 Å². The summed E-state index contributed by atoms with van der Waals surface area (Å²) in [5, 5.41) is 9.90.